The van der Waals surface area contributed by atoms with Crippen molar-refractivity contribution in [3.63, 3.8) is 0 Å². The van der Waals surface area contributed by atoms with Gasteiger partial charge in [-0.3, -0.25) is 0 Å². The summed E-state index contributed by atoms with van der Waals surface area (Å²) in [6.45, 7) is 0. The number of benzene rings is 8. The van der Waals surface area contributed by atoms with Gasteiger partial charge in [-0.25, -0.2) is 15.0 Å². The van der Waals surface area contributed by atoms with Crippen LogP contribution in [0.3, 0.4) is 0 Å². The fraction of sp³-hybridized carbons (Fsp3) is 0. The van der Waals surface area contributed by atoms with E-state index < -0.39 is 0 Å². The van der Waals surface area contributed by atoms with Crippen molar-refractivity contribution in [1.82, 2.24) is 15.0 Å². The summed E-state index contributed by atoms with van der Waals surface area (Å²) in [6.07, 6.45) is 0. The van der Waals surface area contributed by atoms with Crippen molar-refractivity contribution in [3.8, 4) is 67.9 Å². The topological polar surface area (TPSA) is 47.9 Å². The maximum Gasteiger partial charge on any atom is 0.164 e. The Bertz CT molecular complexity index is 2740. The van der Waals surface area contributed by atoms with Crippen molar-refractivity contribution < 1.29 is 4.74 Å². The highest BCUT2D eigenvalue weighted by molar-refractivity contribution is 6.07. The van der Waals surface area contributed by atoms with E-state index in [4.69, 9.17) is 19.7 Å². The minimum atomic E-state index is 0.637. The first kappa shape index (κ1) is 27.5. The Balaban J connectivity index is 1.15. The molecule has 0 aliphatic carbocycles. The van der Waals surface area contributed by atoms with Crippen LogP contribution in [0, 0.1) is 0 Å². The summed E-state index contributed by atoms with van der Waals surface area (Å²) in [5, 5.41) is 6.79. The number of aromatic nitrogens is 3. The van der Waals surface area contributed by atoms with Crippen LogP contribution in [0.4, 0.5) is 0 Å². The molecule has 49 heavy (non-hydrogen) atoms. The molecular weight excluding hydrogens is 599 g/mol. The molecule has 0 atom stereocenters. The Morgan fingerprint density at radius 1 is 0.327 bits per heavy atom. The van der Waals surface area contributed by atoms with Gasteiger partial charge in [0.05, 0.1) is 0 Å². The second-order valence-electron chi connectivity index (χ2n) is 12.4. The molecule has 0 fully saturated rings. The van der Waals surface area contributed by atoms with Gasteiger partial charge in [0.15, 0.2) is 17.5 Å². The minimum Gasteiger partial charge on any atom is -0.456 e. The number of hydrogen-bond acceptors (Lipinski definition) is 4. The Morgan fingerprint density at radius 2 is 0.898 bits per heavy atom. The van der Waals surface area contributed by atoms with E-state index >= 15 is 0 Å². The highest BCUT2D eigenvalue weighted by Gasteiger charge is 2.22. The molecule has 8 aromatic carbocycles. The molecule has 1 aliphatic heterocycles. The fourth-order valence-corrected chi connectivity index (χ4v) is 7.23. The normalized spacial score (nSPS) is 11.8. The molecule has 0 saturated carbocycles. The first-order valence-electron chi connectivity index (χ1n) is 16.4. The quantitative estimate of drug-likeness (QED) is 0.195. The highest BCUT2D eigenvalue weighted by Crippen LogP contribution is 2.48. The molecule has 9 aromatic rings. The number of nitrogens with zero attached hydrogens (tertiary/aromatic N) is 3. The van der Waals surface area contributed by atoms with E-state index in [2.05, 4.69) is 133 Å². The second kappa shape index (κ2) is 11.0. The summed E-state index contributed by atoms with van der Waals surface area (Å²) in [6, 6.07) is 56.8. The largest absolute Gasteiger partial charge is 0.456 e. The van der Waals surface area contributed by atoms with E-state index in [0.29, 0.717) is 17.5 Å². The average Bonchev–Trinajstić information content (AvgIpc) is 3.17. The average molecular weight is 626 g/mol. The lowest BCUT2D eigenvalue weighted by Gasteiger charge is -2.22. The molecule has 228 valence electrons. The molecular formula is C45H27N3O. The van der Waals surface area contributed by atoms with Crippen LogP contribution >= 0.6 is 0 Å². The summed E-state index contributed by atoms with van der Waals surface area (Å²) in [5.41, 5.74) is 7.39. The molecule has 0 unspecified atom stereocenters. The highest BCUT2D eigenvalue weighted by atomic mass is 16.5. The van der Waals surface area contributed by atoms with Crippen LogP contribution in [0.5, 0.6) is 11.5 Å². The van der Waals surface area contributed by atoms with Gasteiger partial charge in [-0.2, -0.15) is 0 Å². The maximum absolute atomic E-state index is 6.53. The van der Waals surface area contributed by atoms with E-state index in [-0.39, 0.29) is 0 Å². The third-order valence-electron chi connectivity index (χ3n) is 9.53. The molecule has 0 N–H and O–H groups in total. The van der Waals surface area contributed by atoms with Crippen molar-refractivity contribution in [2.75, 3.05) is 0 Å². The molecule has 0 radical (unpaired) electrons. The lowest BCUT2D eigenvalue weighted by atomic mass is 9.91. The van der Waals surface area contributed by atoms with Crippen molar-refractivity contribution >= 4 is 32.3 Å². The zero-order valence-corrected chi connectivity index (χ0v) is 26.3. The van der Waals surface area contributed by atoms with E-state index in [1.807, 2.05) is 30.3 Å². The number of fused-ring (bicyclic) bond motifs is 4. The molecule has 4 heteroatoms. The molecule has 0 saturated heterocycles. The predicted molar refractivity (Wildman–Crippen MR) is 200 cm³/mol. The predicted octanol–water partition coefficient (Wildman–Crippen LogP) is 11.8. The Hall–Kier alpha value is -6.65. The third-order valence-corrected chi connectivity index (χ3v) is 9.53. The smallest absolute Gasteiger partial charge is 0.164 e. The zero-order valence-electron chi connectivity index (χ0n) is 26.3. The molecule has 0 amide bonds. The van der Waals surface area contributed by atoms with Crippen molar-refractivity contribution in [2.45, 2.75) is 0 Å². The van der Waals surface area contributed by atoms with Crippen LogP contribution in [0.1, 0.15) is 0 Å². The van der Waals surface area contributed by atoms with E-state index in [9.17, 15) is 0 Å². The number of rotatable bonds is 4. The maximum atomic E-state index is 6.53. The second-order valence-corrected chi connectivity index (χ2v) is 12.4. The molecule has 2 heterocycles. The monoisotopic (exact) mass is 625 g/mol. The summed E-state index contributed by atoms with van der Waals surface area (Å²) in [4.78, 5) is 15.3. The molecule has 4 nitrogen and oxygen atoms in total. The summed E-state index contributed by atoms with van der Waals surface area (Å²) in [7, 11) is 0. The van der Waals surface area contributed by atoms with Gasteiger partial charge in [0, 0.05) is 27.6 Å². The Kier molecular flexibility index (Phi) is 6.15. The van der Waals surface area contributed by atoms with Crippen LogP contribution in [0.15, 0.2) is 164 Å². The first-order valence-corrected chi connectivity index (χ1v) is 16.4. The van der Waals surface area contributed by atoms with Gasteiger partial charge in [-0.1, -0.05) is 140 Å². The molecule has 1 aromatic heterocycles. The van der Waals surface area contributed by atoms with Crippen LogP contribution < -0.4 is 4.74 Å². The van der Waals surface area contributed by atoms with Gasteiger partial charge in [-0.15, -0.1) is 0 Å². The van der Waals surface area contributed by atoms with Gasteiger partial charge in [-0.05, 0) is 67.9 Å². The summed E-state index contributed by atoms with van der Waals surface area (Å²) < 4.78 is 6.53. The standard InChI is InChI=1S/C45H27N3O/c1-2-12-30(13-3-1)43-46-44(38-21-8-14-28-11-4-5-17-32(28)38)48-45(47-43)39-26-25-33(34-18-6-7-19-35(34)39)31-23-24-36-37-20-9-15-29-16-10-22-40(42(29)37)49-41(36)27-31/h1-27H. The molecule has 0 bridgehead atoms. The minimum absolute atomic E-state index is 0.637. The van der Waals surface area contributed by atoms with Crippen LogP contribution in [0.25, 0.3) is 88.7 Å². The van der Waals surface area contributed by atoms with Gasteiger partial charge in [0.1, 0.15) is 11.5 Å². The van der Waals surface area contributed by atoms with Crippen molar-refractivity contribution in [2.24, 2.45) is 0 Å². The fourth-order valence-electron chi connectivity index (χ4n) is 7.23. The summed E-state index contributed by atoms with van der Waals surface area (Å²) >= 11 is 0. The molecule has 10 rings (SSSR count). The van der Waals surface area contributed by atoms with Crippen LogP contribution in [-0.2, 0) is 0 Å². The summed E-state index contributed by atoms with van der Waals surface area (Å²) in [5.74, 6) is 3.68. The lowest BCUT2D eigenvalue weighted by Crippen LogP contribution is -2.01. The number of hydrogen-bond donors (Lipinski definition) is 0. The molecule has 0 spiro atoms. The number of ether oxygens (including phenoxy) is 1. The van der Waals surface area contributed by atoms with Crippen molar-refractivity contribution in [3.05, 3.63) is 164 Å². The first-order chi connectivity index (χ1) is 24.3. The van der Waals surface area contributed by atoms with Gasteiger partial charge in [0.25, 0.3) is 0 Å². The van der Waals surface area contributed by atoms with Crippen LogP contribution in [-0.4, -0.2) is 15.0 Å². The van der Waals surface area contributed by atoms with E-state index in [1.54, 1.807) is 0 Å². The SMILES string of the molecule is c1ccc(-c2nc(-c3cccc4ccccc34)nc(-c3ccc(-c4ccc5c(c4)Oc4cccc6cccc-5c46)c4ccccc34)n2)cc1. The van der Waals surface area contributed by atoms with Crippen LogP contribution in [0.2, 0.25) is 0 Å². The molecule has 1 aliphatic rings. The zero-order chi connectivity index (χ0) is 32.3. The van der Waals surface area contributed by atoms with Gasteiger partial charge >= 0.3 is 0 Å². The lowest BCUT2D eigenvalue weighted by molar-refractivity contribution is 0.487. The van der Waals surface area contributed by atoms with E-state index in [0.717, 1.165) is 71.8 Å². The van der Waals surface area contributed by atoms with E-state index in [1.165, 1.54) is 10.9 Å². The van der Waals surface area contributed by atoms with Gasteiger partial charge < -0.3 is 4.74 Å². The van der Waals surface area contributed by atoms with Gasteiger partial charge in [0.2, 0.25) is 0 Å². The Labute approximate surface area is 283 Å². The van der Waals surface area contributed by atoms with Crippen molar-refractivity contribution in [1.29, 1.82) is 0 Å². The Morgan fingerprint density at radius 3 is 1.71 bits per heavy atom. The third kappa shape index (κ3) is 4.49.